The first-order valence-corrected chi connectivity index (χ1v) is 6.36. The van der Waals surface area contributed by atoms with Crippen LogP contribution in [0.1, 0.15) is 16.3 Å². The Kier molecular flexibility index (Phi) is 2.67. The van der Waals surface area contributed by atoms with E-state index >= 15 is 0 Å². The number of hydrogen-bond donors (Lipinski definition) is 2. The predicted molar refractivity (Wildman–Crippen MR) is 70.6 cm³/mol. The Hall–Kier alpha value is -2.02. The minimum absolute atomic E-state index is 0.570. The lowest BCUT2D eigenvalue weighted by molar-refractivity contribution is 0.948. The van der Waals surface area contributed by atoms with E-state index in [2.05, 4.69) is 44.3 Å². The quantitative estimate of drug-likeness (QED) is 0.753. The van der Waals surface area contributed by atoms with E-state index in [1.54, 1.807) is 17.7 Å². The molecule has 0 amide bonds. The number of aryl methyl sites for hydroxylation is 2. The van der Waals surface area contributed by atoms with E-state index in [1.807, 2.05) is 0 Å². The fourth-order valence-corrected chi connectivity index (χ4v) is 2.80. The third kappa shape index (κ3) is 1.82. The van der Waals surface area contributed by atoms with E-state index < -0.39 is 0 Å². The summed E-state index contributed by atoms with van der Waals surface area (Å²) in [6.45, 7) is 4.76. The highest BCUT2D eigenvalue weighted by Crippen LogP contribution is 2.32. The number of thiophene rings is 1. The van der Waals surface area contributed by atoms with Crippen molar-refractivity contribution in [2.75, 3.05) is 5.32 Å². The first kappa shape index (κ1) is 11.1. The van der Waals surface area contributed by atoms with Gasteiger partial charge in [0, 0.05) is 4.88 Å². The second-order valence-electron chi connectivity index (χ2n) is 3.97. The zero-order chi connectivity index (χ0) is 12.5. The molecule has 0 fully saturated rings. The maximum atomic E-state index is 4.30. The molecule has 0 aliphatic rings. The third-order valence-corrected chi connectivity index (χ3v) is 3.97. The monoisotopic (exact) mass is 260 g/mol. The lowest BCUT2D eigenvalue weighted by atomic mass is 10.2. The number of aromatic nitrogens is 5. The van der Waals surface area contributed by atoms with E-state index in [4.69, 9.17) is 0 Å². The SMILES string of the molecule is Cc1sc2ncnc(NCc3ncn[nH]3)c2c1C. The Balaban J connectivity index is 1.96. The van der Waals surface area contributed by atoms with Gasteiger partial charge >= 0.3 is 0 Å². The zero-order valence-corrected chi connectivity index (χ0v) is 10.9. The Morgan fingerprint density at radius 2 is 2.11 bits per heavy atom. The van der Waals surface area contributed by atoms with E-state index in [1.165, 1.54) is 16.8 Å². The molecule has 0 radical (unpaired) electrons. The standard InChI is InChI=1S/C11H12N6S/c1-6-7(2)18-11-9(6)10(14-4-15-11)12-3-8-13-5-16-17-8/h4-5H,3H2,1-2H3,(H,12,14,15)(H,13,16,17). The van der Waals surface area contributed by atoms with Gasteiger partial charge in [0.15, 0.2) is 0 Å². The van der Waals surface area contributed by atoms with Crippen molar-refractivity contribution in [1.29, 1.82) is 0 Å². The minimum atomic E-state index is 0.570. The van der Waals surface area contributed by atoms with Crippen LogP contribution >= 0.6 is 11.3 Å². The molecule has 0 spiro atoms. The Bertz CT molecular complexity index is 672. The average Bonchev–Trinajstić information content (AvgIpc) is 2.97. The van der Waals surface area contributed by atoms with Gasteiger partial charge in [0.05, 0.1) is 11.9 Å². The molecule has 0 saturated carbocycles. The van der Waals surface area contributed by atoms with Crippen LogP contribution < -0.4 is 5.32 Å². The molecule has 3 rings (SSSR count). The van der Waals surface area contributed by atoms with Gasteiger partial charge in [0.1, 0.15) is 29.1 Å². The number of hydrogen-bond acceptors (Lipinski definition) is 6. The number of aromatic amines is 1. The first-order chi connectivity index (χ1) is 8.75. The maximum Gasteiger partial charge on any atom is 0.143 e. The largest absolute Gasteiger partial charge is 0.362 e. The normalized spacial score (nSPS) is 11.0. The van der Waals surface area contributed by atoms with Crippen LogP contribution in [0.4, 0.5) is 5.82 Å². The van der Waals surface area contributed by atoms with Crippen molar-refractivity contribution in [2.24, 2.45) is 0 Å². The smallest absolute Gasteiger partial charge is 0.143 e. The number of nitrogens with zero attached hydrogens (tertiary/aromatic N) is 4. The summed E-state index contributed by atoms with van der Waals surface area (Å²) >= 11 is 1.69. The fourth-order valence-electron chi connectivity index (χ4n) is 1.80. The molecule has 0 bridgehead atoms. The summed E-state index contributed by atoms with van der Waals surface area (Å²) in [4.78, 5) is 15.0. The van der Waals surface area contributed by atoms with Crippen molar-refractivity contribution in [3.8, 4) is 0 Å². The van der Waals surface area contributed by atoms with E-state index in [-0.39, 0.29) is 0 Å². The van der Waals surface area contributed by atoms with Crippen molar-refractivity contribution in [2.45, 2.75) is 20.4 Å². The van der Waals surface area contributed by atoms with Gasteiger partial charge in [-0.15, -0.1) is 11.3 Å². The lowest BCUT2D eigenvalue weighted by Gasteiger charge is -2.05. The summed E-state index contributed by atoms with van der Waals surface area (Å²) in [5, 5.41) is 11.0. The third-order valence-electron chi connectivity index (χ3n) is 2.85. The van der Waals surface area contributed by atoms with Crippen molar-refractivity contribution in [1.82, 2.24) is 25.1 Å². The van der Waals surface area contributed by atoms with Crippen molar-refractivity contribution in [3.63, 3.8) is 0 Å². The highest BCUT2D eigenvalue weighted by molar-refractivity contribution is 7.18. The highest BCUT2D eigenvalue weighted by Gasteiger charge is 2.11. The molecule has 0 aromatic carbocycles. The number of rotatable bonds is 3. The summed E-state index contributed by atoms with van der Waals surface area (Å²) < 4.78 is 0. The van der Waals surface area contributed by atoms with Gasteiger partial charge in [-0.05, 0) is 19.4 Å². The van der Waals surface area contributed by atoms with Crippen LogP contribution in [0.25, 0.3) is 10.2 Å². The first-order valence-electron chi connectivity index (χ1n) is 5.54. The van der Waals surface area contributed by atoms with Crippen LogP contribution in [0.15, 0.2) is 12.7 Å². The topological polar surface area (TPSA) is 79.4 Å². The van der Waals surface area contributed by atoms with Crippen LogP contribution in [0.2, 0.25) is 0 Å². The van der Waals surface area contributed by atoms with E-state index in [9.17, 15) is 0 Å². The molecular weight excluding hydrogens is 248 g/mol. The number of nitrogens with one attached hydrogen (secondary N) is 2. The van der Waals surface area contributed by atoms with E-state index in [0.29, 0.717) is 6.54 Å². The molecule has 3 heterocycles. The van der Waals surface area contributed by atoms with Gasteiger partial charge in [0.2, 0.25) is 0 Å². The molecule has 0 aliphatic carbocycles. The number of anilines is 1. The number of H-pyrrole nitrogens is 1. The Morgan fingerprint density at radius 3 is 2.89 bits per heavy atom. The van der Waals surface area contributed by atoms with Crippen LogP contribution in [-0.4, -0.2) is 25.1 Å². The van der Waals surface area contributed by atoms with Crippen molar-refractivity contribution >= 4 is 27.4 Å². The Labute approximate surface area is 108 Å². The van der Waals surface area contributed by atoms with Crippen LogP contribution in [0.5, 0.6) is 0 Å². The molecule has 2 N–H and O–H groups in total. The van der Waals surface area contributed by atoms with Gasteiger partial charge in [0.25, 0.3) is 0 Å². The molecule has 0 atom stereocenters. The molecular formula is C11H12N6S. The van der Waals surface area contributed by atoms with Gasteiger partial charge in [-0.3, -0.25) is 5.10 Å². The van der Waals surface area contributed by atoms with Crippen molar-refractivity contribution < 1.29 is 0 Å². The summed E-state index contributed by atoms with van der Waals surface area (Å²) in [7, 11) is 0. The van der Waals surface area contributed by atoms with Crippen LogP contribution in [0.3, 0.4) is 0 Å². The molecule has 7 heteroatoms. The van der Waals surface area contributed by atoms with Gasteiger partial charge in [-0.25, -0.2) is 15.0 Å². The second kappa shape index (κ2) is 4.34. The lowest BCUT2D eigenvalue weighted by Crippen LogP contribution is -2.03. The summed E-state index contributed by atoms with van der Waals surface area (Å²) in [5.41, 5.74) is 1.23. The highest BCUT2D eigenvalue weighted by atomic mass is 32.1. The molecule has 0 unspecified atom stereocenters. The van der Waals surface area contributed by atoms with Crippen molar-refractivity contribution in [3.05, 3.63) is 28.9 Å². The van der Waals surface area contributed by atoms with Gasteiger partial charge in [-0.2, -0.15) is 5.10 Å². The Morgan fingerprint density at radius 1 is 1.22 bits per heavy atom. The molecule has 3 aromatic rings. The fraction of sp³-hybridized carbons (Fsp3) is 0.273. The number of fused-ring (bicyclic) bond motifs is 1. The van der Waals surface area contributed by atoms with Crippen LogP contribution in [0, 0.1) is 13.8 Å². The summed E-state index contributed by atoms with van der Waals surface area (Å²) in [6.07, 6.45) is 3.08. The van der Waals surface area contributed by atoms with Gasteiger partial charge < -0.3 is 5.32 Å². The predicted octanol–water partition coefficient (Wildman–Crippen LogP) is 2.04. The van der Waals surface area contributed by atoms with E-state index in [0.717, 1.165) is 21.9 Å². The second-order valence-corrected chi connectivity index (χ2v) is 5.17. The molecule has 0 aliphatic heterocycles. The van der Waals surface area contributed by atoms with Crippen LogP contribution in [-0.2, 0) is 6.54 Å². The molecule has 3 aromatic heterocycles. The molecule has 92 valence electrons. The van der Waals surface area contributed by atoms with Gasteiger partial charge in [-0.1, -0.05) is 0 Å². The summed E-state index contributed by atoms with van der Waals surface area (Å²) in [5.74, 6) is 1.63. The molecule has 6 nitrogen and oxygen atoms in total. The summed E-state index contributed by atoms with van der Waals surface area (Å²) in [6, 6.07) is 0. The zero-order valence-electron chi connectivity index (χ0n) is 10.1. The maximum absolute atomic E-state index is 4.30. The average molecular weight is 260 g/mol. The molecule has 0 saturated heterocycles. The molecule has 18 heavy (non-hydrogen) atoms. The minimum Gasteiger partial charge on any atom is -0.362 e.